The van der Waals surface area contributed by atoms with Gasteiger partial charge in [-0.2, -0.15) is 0 Å². The van der Waals surface area contributed by atoms with Crippen LogP contribution in [0, 0.1) is 0 Å². The van der Waals surface area contributed by atoms with Gasteiger partial charge in [-0.3, -0.25) is 9.59 Å². The van der Waals surface area contributed by atoms with E-state index in [0.717, 1.165) is 11.1 Å². The lowest BCUT2D eigenvalue weighted by atomic mass is 9.98. The second-order valence-corrected chi connectivity index (χ2v) is 8.54. The number of ether oxygens (including phenoxy) is 2. The number of amides is 2. The Hall–Kier alpha value is -3.39. The van der Waals surface area contributed by atoms with Gasteiger partial charge in [0.05, 0.1) is 12.5 Å². The number of aliphatic carboxylic acids is 1. The van der Waals surface area contributed by atoms with E-state index in [1.54, 1.807) is 6.92 Å². The first-order valence-electron chi connectivity index (χ1n) is 11.2. The van der Waals surface area contributed by atoms with E-state index in [9.17, 15) is 14.4 Å². The molecule has 0 saturated carbocycles. The standard InChI is InChI=1S/C25H28N2O6/c1-15(12-23(28)29)27-24(30)22-11-10-16(33-22)13-26-25(31)32-14-21-19-8-4-2-6-17(19)18-7-3-5-9-20(18)21/h2-9,15-16,21-22H,10-14H2,1H3,(H,26,31)(H,27,30)(H,28,29)/t15-,16?,22?/m0/s1. The van der Waals surface area contributed by atoms with Gasteiger partial charge in [-0.25, -0.2) is 4.79 Å². The second kappa shape index (κ2) is 10.0. The number of alkyl carbamates (subject to hydrolysis) is 1. The number of carbonyl (C=O) groups excluding carboxylic acids is 2. The number of hydrogen-bond acceptors (Lipinski definition) is 5. The van der Waals surface area contributed by atoms with Crippen LogP contribution in [-0.2, 0) is 19.1 Å². The van der Waals surface area contributed by atoms with Gasteiger partial charge in [0.2, 0.25) is 5.91 Å². The average molecular weight is 453 g/mol. The van der Waals surface area contributed by atoms with Crippen LogP contribution in [0.3, 0.4) is 0 Å². The van der Waals surface area contributed by atoms with Gasteiger partial charge in [0, 0.05) is 18.5 Å². The van der Waals surface area contributed by atoms with Crippen LogP contribution in [0.25, 0.3) is 11.1 Å². The van der Waals surface area contributed by atoms with Gasteiger partial charge < -0.3 is 25.2 Å². The Morgan fingerprint density at radius 1 is 1.06 bits per heavy atom. The number of rotatable bonds is 8. The molecule has 1 heterocycles. The fraction of sp³-hybridized carbons (Fsp3) is 0.400. The quantitative estimate of drug-likeness (QED) is 0.567. The Morgan fingerprint density at radius 2 is 1.70 bits per heavy atom. The number of nitrogens with one attached hydrogen (secondary N) is 2. The molecule has 1 aliphatic heterocycles. The van der Waals surface area contributed by atoms with Gasteiger partial charge in [-0.05, 0) is 42.0 Å². The molecule has 33 heavy (non-hydrogen) atoms. The zero-order chi connectivity index (χ0) is 23.4. The van der Waals surface area contributed by atoms with Gasteiger partial charge in [0.25, 0.3) is 0 Å². The smallest absolute Gasteiger partial charge is 0.407 e. The van der Waals surface area contributed by atoms with E-state index in [1.807, 2.05) is 24.3 Å². The van der Waals surface area contributed by atoms with Crippen molar-refractivity contribution in [2.24, 2.45) is 0 Å². The third kappa shape index (κ3) is 5.34. The van der Waals surface area contributed by atoms with E-state index in [-0.39, 0.29) is 37.5 Å². The van der Waals surface area contributed by atoms with Crippen molar-refractivity contribution < 1.29 is 29.0 Å². The normalized spacial score (nSPS) is 19.9. The molecule has 1 fully saturated rings. The van der Waals surface area contributed by atoms with E-state index in [4.69, 9.17) is 14.6 Å². The molecule has 0 spiro atoms. The highest BCUT2D eigenvalue weighted by Gasteiger charge is 2.32. The minimum Gasteiger partial charge on any atom is -0.481 e. The molecule has 0 radical (unpaired) electrons. The van der Waals surface area contributed by atoms with Crippen LogP contribution >= 0.6 is 0 Å². The molecule has 1 aliphatic carbocycles. The van der Waals surface area contributed by atoms with Crippen LogP contribution in [0.5, 0.6) is 0 Å². The van der Waals surface area contributed by atoms with Gasteiger partial charge in [-0.15, -0.1) is 0 Å². The highest BCUT2D eigenvalue weighted by molar-refractivity contribution is 5.82. The largest absolute Gasteiger partial charge is 0.481 e. The molecule has 0 aromatic heterocycles. The van der Waals surface area contributed by atoms with Gasteiger partial charge in [-0.1, -0.05) is 48.5 Å². The average Bonchev–Trinajstić information content (AvgIpc) is 3.39. The number of fused-ring (bicyclic) bond motifs is 3. The zero-order valence-electron chi connectivity index (χ0n) is 18.5. The van der Waals surface area contributed by atoms with Crippen molar-refractivity contribution >= 4 is 18.0 Å². The first-order chi connectivity index (χ1) is 15.9. The molecule has 0 bridgehead atoms. The molecule has 3 N–H and O–H groups in total. The molecular weight excluding hydrogens is 424 g/mol. The van der Waals surface area contributed by atoms with Crippen LogP contribution in [-0.4, -0.2) is 54.5 Å². The van der Waals surface area contributed by atoms with Crippen molar-refractivity contribution in [3.8, 4) is 11.1 Å². The lowest BCUT2D eigenvalue weighted by Gasteiger charge is -2.18. The molecule has 2 unspecified atom stereocenters. The minimum atomic E-state index is -0.972. The first-order valence-corrected chi connectivity index (χ1v) is 11.2. The van der Waals surface area contributed by atoms with Gasteiger partial charge in [0.15, 0.2) is 0 Å². The third-order valence-electron chi connectivity index (χ3n) is 6.09. The Morgan fingerprint density at radius 3 is 2.33 bits per heavy atom. The number of hydrogen-bond donors (Lipinski definition) is 3. The Kier molecular flexibility index (Phi) is 6.93. The third-order valence-corrected chi connectivity index (χ3v) is 6.09. The van der Waals surface area contributed by atoms with E-state index in [2.05, 4.69) is 34.9 Å². The van der Waals surface area contributed by atoms with Gasteiger partial charge in [0.1, 0.15) is 12.7 Å². The molecule has 2 aromatic carbocycles. The maximum atomic E-state index is 12.3. The van der Waals surface area contributed by atoms with Gasteiger partial charge >= 0.3 is 12.1 Å². The summed E-state index contributed by atoms with van der Waals surface area (Å²) in [5.74, 6) is -1.31. The molecule has 1 saturated heterocycles. The van der Waals surface area contributed by atoms with Crippen molar-refractivity contribution in [1.29, 1.82) is 0 Å². The van der Waals surface area contributed by atoms with E-state index < -0.39 is 24.2 Å². The fourth-order valence-corrected chi connectivity index (χ4v) is 4.54. The SMILES string of the molecule is C[C@@H](CC(=O)O)NC(=O)C1CCC(CNC(=O)OCC2c3ccccc3-c3ccccc32)O1. The summed E-state index contributed by atoms with van der Waals surface area (Å²) in [7, 11) is 0. The molecule has 4 rings (SSSR count). The predicted molar refractivity (Wildman–Crippen MR) is 121 cm³/mol. The summed E-state index contributed by atoms with van der Waals surface area (Å²) >= 11 is 0. The maximum Gasteiger partial charge on any atom is 0.407 e. The highest BCUT2D eigenvalue weighted by atomic mass is 16.5. The minimum absolute atomic E-state index is 0.00764. The molecular formula is C25H28N2O6. The summed E-state index contributed by atoms with van der Waals surface area (Å²) < 4.78 is 11.2. The maximum absolute atomic E-state index is 12.3. The number of carboxylic acid groups (broad SMARTS) is 1. The van der Waals surface area contributed by atoms with Crippen LogP contribution in [0.4, 0.5) is 4.79 Å². The van der Waals surface area contributed by atoms with Crippen molar-refractivity contribution in [2.45, 2.75) is 50.4 Å². The molecule has 8 heteroatoms. The predicted octanol–water partition coefficient (Wildman–Crippen LogP) is 3.05. The lowest BCUT2D eigenvalue weighted by Crippen LogP contribution is -2.41. The molecule has 8 nitrogen and oxygen atoms in total. The Balaban J connectivity index is 1.23. The van der Waals surface area contributed by atoms with E-state index >= 15 is 0 Å². The summed E-state index contributed by atoms with van der Waals surface area (Å²) in [6.45, 7) is 2.11. The summed E-state index contributed by atoms with van der Waals surface area (Å²) in [4.78, 5) is 35.3. The molecule has 174 valence electrons. The Bertz CT molecular complexity index is 994. The number of carbonyl (C=O) groups is 3. The van der Waals surface area contributed by atoms with Crippen LogP contribution in [0.1, 0.15) is 43.2 Å². The zero-order valence-corrected chi connectivity index (χ0v) is 18.5. The Labute approximate surface area is 192 Å². The first kappa shape index (κ1) is 22.8. The molecule has 2 aliphatic rings. The second-order valence-electron chi connectivity index (χ2n) is 8.54. The highest BCUT2D eigenvalue weighted by Crippen LogP contribution is 2.44. The topological polar surface area (TPSA) is 114 Å². The van der Waals surface area contributed by atoms with E-state index in [1.165, 1.54) is 11.1 Å². The molecule has 2 amide bonds. The van der Waals surface area contributed by atoms with Crippen molar-refractivity contribution in [3.05, 3.63) is 59.7 Å². The summed E-state index contributed by atoms with van der Waals surface area (Å²) in [6.07, 6.45) is -0.474. The van der Waals surface area contributed by atoms with Crippen molar-refractivity contribution in [3.63, 3.8) is 0 Å². The summed E-state index contributed by atoms with van der Waals surface area (Å²) in [6, 6.07) is 15.8. The van der Waals surface area contributed by atoms with E-state index in [0.29, 0.717) is 12.8 Å². The lowest BCUT2D eigenvalue weighted by molar-refractivity contribution is -0.138. The fourth-order valence-electron chi connectivity index (χ4n) is 4.54. The summed E-state index contributed by atoms with van der Waals surface area (Å²) in [5.41, 5.74) is 4.64. The summed E-state index contributed by atoms with van der Waals surface area (Å²) in [5, 5.41) is 14.2. The molecule has 3 atom stereocenters. The number of benzene rings is 2. The van der Waals surface area contributed by atoms with Crippen molar-refractivity contribution in [2.75, 3.05) is 13.2 Å². The van der Waals surface area contributed by atoms with Crippen molar-refractivity contribution in [1.82, 2.24) is 10.6 Å². The monoisotopic (exact) mass is 452 g/mol. The van der Waals surface area contributed by atoms with Crippen LogP contribution in [0.2, 0.25) is 0 Å². The van der Waals surface area contributed by atoms with Crippen LogP contribution < -0.4 is 10.6 Å². The van der Waals surface area contributed by atoms with Crippen LogP contribution in [0.15, 0.2) is 48.5 Å². The molecule has 2 aromatic rings. The number of carboxylic acids is 1.